The van der Waals surface area contributed by atoms with Gasteiger partial charge in [0.25, 0.3) is 0 Å². The normalized spacial score (nSPS) is 16.3. The SMILES string of the molecule is CCn1c(C2CCN(c3ncnc4sccc34)CC2)n[nH]c1=S. The Hall–Kier alpha value is -1.80. The molecule has 4 heterocycles. The van der Waals surface area contributed by atoms with Gasteiger partial charge in [0.05, 0.1) is 5.39 Å². The Morgan fingerprint density at radius 3 is 2.96 bits per heavy atom. The lowest BCUT2D eigenvalue weighted by atomic mass is 9.95. The third-order valence-electron chi connectivity index (χ3n) is 4.50. The number of nitrogens with one attached hydrogen (secondary N) is 1. The fraction of sp³-hybridized carbons (Fsp3) is 0.467. The van der Waals surface area contributed by atoms with Crippen LogP contribution in [0.5, 0.6) is 0 Å². The second-order valence-corrected chi connectivity index (χ2v) is 7.01. The van der Waals surface area contributed by atoms with E-state index in [2.05, 4.69) is 48.0 Å². The number of aromatic amines is 1. The minimum atomic E-state index is 0.457. The maximum atomic E-state index is 5.30. The Morgan fingerprint density at radius 2 is 2.17 bits per heavy atom. The lowest BCUT2D eigenvalue weighted by Crippen LogP contribution is -2.34. The highest BCUT2D eigenvalue weighted by Gasteiger charge is 2.26. The first-order valence-electron chi connectivity index (χ1n) is 7.86. The third-order valence-corrected chi connectivity index (χ3v) is 5.64. The molecule has 1 fully saturated rings. The van der Waals surface area contributed by atoms with Crippen LogP contribution in [0.3, 0.4) is 0 Å². The van der Waals surface area contributed by atoms with Crippen LogP contribution in [0, 0.1) is 4.77 Å². The van der Waals surface area contributed by atoms with E-state index in [0.717, 1.165) is 59.1 Å². The molecule has 0 amide bonds. The van der Waals surface area contributed by atoms with Gasteiger partial charge in [0.15, 0.2) is 4.77 Å². The number of aromatic nitrogens is 5. The summed E-state index contributed by atoms with van der Waals surface area (Å²) in [5.41, 5.74) is 0. The molecule has 1 aliphatic heterocycles. The first-order chi connectivity index (χ1) is 11.3. The molecule has 1 N–H and O–H groups in total. The molecule has 6 nitrogen and oxygen atoms in total. The number of anilines is 1. The molecule has 3 aromatic rings. The summed E-state index contributed by atoms with van der Waals surface area (Å²) in [6.45, 7) is 4.94. The van der Waals surface area contributed by atoms with Crippen LogP contribution < -0.4 is 4.90 Å². The topological polar surface area (TPSA) is 62.6 Å². The summed E-state index contributed by atoms with van der Waals surface area (Å²) in [4.78, 5) is 12.3. The minimum Gasteiger partial charge on any atom is -0.356 e. The Kier molecular flexibility index (Phi) is 3.86. The standard InChI is InChI=1S/C15H18N6S2/c1-2-21-12(18-19-15(21)22)10-3-6-20(7-4-10)13-11-5-8-23-14(11)17-9-16-13/h5,8-10H,2-4,6-7H2,1H3,(H,19,22). The van der Waals surface area contributed by atoms with Crippen LogP contribution in [0.4, 0.5) is 5.82 Å². The molecule has 0 atom stereocenters. The van der Waals surface area contributed by atoms with Crippen LogP contribution in [0.2, 0.25) is 0 Å². The van der Waals surface area contributed by atoms with Crippen molar-refractivity contribution in [3.05, 3.63) is 28.4 Å². The van der Waals surface area contributed by atoms with Crippen LogP contribution in [-0.2, 0) is 6.54 Å². The van der Waals surface area contributed by atoms with E-state index in [-0.39, 0.29) is 0 Å². The Balaban J connectivity index is 1.55. The van der Waals surface area contributed by atoms with Crippen molar-refractivity contribution >= 4 is 39.6 Å². The summed E-state index contributed by atoms with van der Waals surface area (Å²) in [7, 11) is 0. The number of rotatable bonds is 3. The van der Waals surface area contributed by atoms with Crippen molar-refractivity contribution < 1.29 is 0 Å². The zero-order valence-corrected chi connectivity index (χ0v) is 14.5. The van der Waals surface area contributed by atoms with Crippen molar-refractivity contribution in [3.8, 4) is 0 Å². The second kappa shape index (κ2) is 6.01. The molecule has 0 radical (unpaired) electrons. The number of thiophene rings is 1. The number of H-pyrrole nitrogens is 1. The van der Waals surface area contributed by atoms with Crippen molar-refractivity contribution in [2.24, 2.45) is 0 Å². The van der Waals surface area contributed by atoms with Crippen molar-refractivity contribution in [2.45, 2.75) is 32.2 Å². The number of nitrogens with zero attached hydrogens (tertiary/aromatic N) is 5. The predicted octanol–water partition coefficient (Wildman–Crippen LogP) is 3.35. The van der Waals surface area contributed by atoms with E-state index in [0.29, 0.717) is 5.92 Å². The average Bonchev–Trinajstić information content (AvgIpc) is 3.20. The molecule has 0 aliphatic carbocycles. The van der Waals surface area contributed by atoms with E-state index in [1.54, 1.807) is 17.7 Å². The third kappa shape index (κ3) is 2.55. The highest BCUT2D eigenvalue weighted by Crippen LogP contribution is 2.32. The van der Waals surface area contributed by atoms with Crippen molar-refractivity contribution in [2.75, 3.05) is 18.0 Å². The van der Waals surface area contributed by atoms with Crippen LogP contribution in [0.15, 0.2) is 17.8 Å². The largest absolute Gasteiger partial charge is 0.356 e. The van der Waals surface area contributed by atoms with Gasteiger partial charge in [0, 0.05) is 25.6 Å². The molecule has 0 aromatic carbocycles. The van der Waals surface area contributed by atoms with Crippen LogP contribution in [0.1, 0.15) is 31.5 Å². The molecule has 4 rings (SSSR count). The second-order valence-electron chi connectivity index (χ2n) is 5.73. The molecule has 23 heavy (non-hydrogen) atoms. The molecule has 8 heteroatoms. The molecular formula is C15H18N6S2. The monoisotopic (exact) mass is 346 g/mol. The predicted molar refractivity (Wildman–Crippen MR) is 94.7 cm³/mol. The molecule has 3 aromatic heterocycles. The highest BCUT2D eigenvalue weighted by atomic mass is 32.1. The summed E-state index contributed by atoms with van der Waals surface area (Å²) in [6, 6.07) is 2.11. The van der Waals surface area contributed by atoms with Crippen molar-refractivity contribution in [1.29, 1.82) is 0 Å². The van der Waals surface area contributed by atoms with Crippen LogP contribution >= 0.6 is 23.6 Å². The Morgan fingerprint density at radius 1 is 1.35 bits per heavy atom. The maximum Gasteiger partial charge on any atom is 0.195 e. The van der Waals surface area contributed by atoms with Gasteiger partial charge in [-0.05, 0) is 43.4 Å². The first kappa shape index (κ1) is 14.8. The number of hydrogen-bond acceptors (Lipinski definition) is 6. The lowest BCUT2D eigenvalue weighted by molar-refractivity contribution is 0.465. The highest BCUT2D eigenvalue weighted by molar-refractivity contribution is 7.71. The van der Waals surface area contributed by atoms with Gasteiger partial charge in [-0.3, -0.25) is 5.10 Å². The molecule has 120 valence electrons. The lowest BCUT2D eigenvalue weighted by Gasteiger charge is -2.32. The molecule has 0 spiro atoms. The first-order valence-corrected chi connectivity index (χ1v) is 9.15. The quantitative estimate of drug-likeness (QED) is 0.737. The van der Waals surface area contributed by atoms with E-state index < -0.39 is 0 Å². The van der Waals surface area contributed by atoms with E-state index in [1.165, 1.54) is 0 Å². The fourth-order valence-electron chi connectivity index (χ4n) is 3.33. The van der Waals surface area contributed by atoms with Gasteiger partial charge in [-0.1, -0.05) is 0 Å². The molecule has 1 saturated heterocycles. The average molecular weight is 346 g/mol. The van der Waals surface area contributed by atoms with Gasteiger partial charge in [-0.15, -0.1) is 11.3 Å². The van der Waals surface area contributed by atoms with E-state index in [9.17, 15) is 0 Å². The smallest absolute Gasteiger partial charge is 0.195 e. The molecule has 0 bridgehead atoms. The summed E-state index contributed by atoms with van der Waals surface area (Å²) in [5, 5.41) is 10.6. The Labute approximate surface area is 143 Å². The van der Waals surface area contributed by atoms with Gasteiger partial charge in [-0.2, -0.15) is 5.10 Å². The summed E-state index contributed by atoms with van der Waals surface area (Å²) >= 11 is 6.97. The van der Waals surface area contributed by atoms with Gasteiger partial charge in [0.1, 0.15) is 22.8 Å². The zero-order chi connectivity index (χ0) is 15.8. The van der Waals surface area contributed by atoms with Crippen LogP contribution in [0.25, 0.3) is 10.2 Å². The van der Waals surface area contributed by atoms with Gasteiger partial charge in [-0.25, -0.2) is 9.97 Å². The molecule has 0 saturated carbocycles. The summed E-state index contributed by atoms with van der Waals surface area (Å²) in [6.07, 6.45) is 3.80. The van der Waals surface area contributed by atoms with E-state index in [1.807, 2.05) is 0 Å². The number of fused-ring (bicyclic) bond motifs is 1. The van der Waals surface area contributed by atoms with Gasteiger partial charge in [0.2, 0.25) is 0 Å². The Bertz CT molecular complexity index is 871. The van der Waals surface area contributed by atoms with Crippen molar-refractivity contribution in [1.82, 2.24) is 24.7 Å². The van der Waals surface area contributed by atoms with E-state index in [4.69, 9.17) is 12.2 Å². The molecular weight excluding hydrogens is 328 g/mol. The number of piperidine rings is 1. The minimum absolute atomic E-state index is 0.457. The zero-order valence-electron chi connectivity index (χ0n) is 12.9. The molecule has 0 unspecified atom stereocenters. The summed E-state index contributed by atoms with van der Waals surface area (Å²) < 4.78 is 2.83. The number of hydrogen-bond donors (Lipinski definition) is 1. The summed E-state index contributed by atoms with van der Waals surface area (Å²) in [5.74, 6) is 2.61. The fourth-order valence-corrected chi connectivity index (χ4v) is 4.32. The van der Waals surface area contributed by atoms with Crippen LogP contribution in [-0.4, -0.2) is 37.8 Å². The maximum absolute atomic E-state index is 5.30. The van der Waals surface area contributed by atoms with Gasteiger partial charge >= 0.3 is 0 Å². The van der Waals surface area contributed by atoms with E-state index >= 15 is 0 Å². The van der Waals surface area contributed by atoms with Crippen molar-refractivity contribution in [3.63, 3.8) is 0 Å². The molecule has 1 aliphatic rings. The van der Waals surface area contributed by atoms with Gasteiger partial charge < -0.3 is 9.47 Å².